The first-order valence-electron chi connectivity index (χ1n) is 22.3. The van der Waals surface area contributed by atoms with Crippen LogP contribution in [0.4, 0.5) is 22.7 Å². The maximum absolute atomic E-state index is 14.1. The number of hydroxylamine groups is 2. The molecule has 0 N–H and O–H groups in total. The molecule has 342 valence electrons. The third-order valence-corrected chi connectivity index (χ3v) is 13.0. The number of nitrogens with zero attached hydrogens (tertiary/aromatic N) is 6. The second-order valence-electron chi connectivity index (χ2n) is 17.2. The van der Waals surface area contributed by atoms with Gasteiger partial charge in [-0.15, -0.1) is 5.06 Å². The van der Waals surface area contributed by atoms with Crippen LogP contribution < -0.4 is 24.2 Å². The van der Waals surface area contributed by atoms with Gasteiger partial charge >= 0.3 is 5.97 Å². The van der Waals surface area contributed by atoms with Crippen molar-refractivity contribution in [3.8, 4) is 11.5 Å². The highest BCUT2D eigenvalue weighted by molar-refractivity contribution is 6.15. The van der Waals surface area contributed by atoms with Crippen molar-refractivity contribution >= 4 is 64.8 Å². The van der Waals surface area contributed by atoms with Crippen LogP contribution in [0.5, 0.6) is 11.5 Å². The number of allylic oxidation sites excluding steroid dienone is 2. The lowest BCUT2D eigenvalue weighted by atomic mass is 9.93. The van der Waals surface area contributed by atoms with Gasteiger partial charge in [0.05, 0.1) is 49.2 Å². The number of carbonyl (C=O) groups excluding carboxylic acids is 5. The van der Waals surface area contributed by atoms with Gasteiger partial charge in [0, 0.05) is 93.8 Å². The first-order chi connectivity index (χ1) is 32.6. The van der Waals surface area contributed by atoms with E-state index in [2.05, 4.69) is 0 Å². The lowest BCUT2D eigenvalue weighted by Gasteiger charge is -2.28. The molecule has 67 heavy (non-hydrogen) atoms. The summed E-state index contributed by atoms with van der Waals surface area (Å²) in [6, 6.07) is 24.8. The molecule has 16 heteroatoms. The summed E-state index contributed by atoms with van der Waals surface area (Å²) in [5, 5.41) is 0.558. The number of para-hydroxylation sites is 2. The Bertz CT molecular complexity index is 2840. The average molecular weight is 905 g/mol. The summed E-state index contributed by atoms with van der Waals surface area (Å²) in [6.45, 7) is 0.647. The highest BCUT2D eigenvalue weighted by Crippen LogP contribution is 2.43. The minimum Gasteiger partial charge on any atom is -0.497 e. The summed E-state index contributed by atoms with van der Waals surface area (Å²) in [5.74, 6) is -0.680. The van der Waals surface area contributed by atoms with Crippen molar-refractivity contribution in [2.45, 2.75) is 70.2 Å². The zero-order valence-corrected chi connectivity index (χ0v) is 37.3. The van der Waals surface area contributed by atoms with Crippen LogP contribution in [0.15, 0.2) is 112 Å². The largest absolute Gasteiger partial charge is 0.497 e. The van der Waals surface area contributed by atoms with E-state index in [1.807, 2.05) is 96.0 Å². The predicted octanol–water partition coefficient (Wildman–Crippen LogP) is 6.71. The number of aliphatic imine (C=N–C) groups is 2. The fourth-order valence-corrected chi connectivity index (χ4v) is 9.54. The van der Waals surface area contributed by atoms with Gasteiger partial charge in [-0.3, -0.25) is 34.1 Å². The van der Waals surface area contributed by atoms with Crippen LogP contribution >= 0.6 is 0 Å². The monoisotopic (exact) mass is 904 g/mol. The molecule has 5 heterocycles. The smallest absolute Gasteiger partial charge is 0.333 e. The molecule has 4 aromatic carbocycles. The number of ether oxygens (including phenoxy) is 4. The standard InChI is InChI=1S/C51H48N6O10/c1-54(16-8-13-49(60)67-57-47(58)14-15-48(57)59)34-18-30(28-65-45-24-39-37(22-43(45)63-2)50(61)55-35(26-52-39)20-32-9-4-6-11-41(32)55)17-31(19-34)29-66-46-25-40-38(23-44(46)64-3)51(62)56-36(27-53-40)21-33-10-5-7-12-42(33)56/h4-7,9-12,17-19,22,24-27,35-36,38H,8,13-16,20-21,23,28-29H2,1-3H3/t35-,36?,38?/m0/s1. The van der Waals surface area contributed by atoms with Crippen molar-refractivity contribution in [3.05, 3.63) is 130 Å². The molecular formula is C51H48N6O10. The topological polar surface area (TPSA) is 169 Å². The molecule has 0 bridgehead atoms. The second-order valence-corrected chi connectivity index (χ2v) is 17.2. The number of hydrogen-bond donors (Lipinski definition) is 0. The minimum atomic E-state index is -0.671. The highest BCUT2D eigenvalue weighted by Gasteiger charge is 2.42. The van der Waals surface area contributed by atoms with Crippen LogP contribution in [-0.2, 0) is 59.5 Å². The fraction of sp³-hybridized carbons (Fsp3) is 0.314. The van der Waals surface area contributed by atoms with Gasteiger partial charge < -0.3 is 33.6 Å². The maximum Gasteiger partial charge on any atom is 0.333 e. The lowest BCUT2D eigenvalue weighted by Crippen LogP contribution is -2.41. The number of imide groups is 1. The molecule has 0 spiro atoms. The third-order valence-electron chi connectivity index (χ3n) is 13.0. The number of carbonyl (C=O) groups is 5. The molecule has 0 saturated carbocycles. The molecule has 1 saturated heterocycles. The van der Waals surface area contributed by atoms with Crippen molar-refractivity contribution in [1.29, 1.82) is 0 Å². The predicted molar refractivity (Wildman–Crippen MR) is 247 cm³/mol. The average Bonchev–Trinajstić information content (AvgIpc) is 3.96. The molecule has 5 aliphatic heterocycles. The first kappa shape index (κ1) is 43.2. The number of methoxy groups -OCH3 is 2. The molecule has 16 nitrogen and oxygen atoms in total. The second kappa shape index (κ2) is 17.9. The number of anilines is 3. The van der Waals surface area contributed by atoms with E-state index in [0.29, 0.717) is 70.8 Å². The Hall–Kier alpha value is -7.75. The van der Waals surface area contributed by atoms with E-state index in [9.17, 15) is 24.0 Å². The number of benzene rings is 4. The molecular weight excluding hydrogens is 857 g/mol. The zero-order valence-electron chi connectivity index (χ0n) is 37.3. The SMILES string of the molecule is COC1=C(OCc2cc(COc3cc4c(cc3OC)C(=O)N3c5ccccc5C[C@H]3C=N4)cc(N(C)CCCC(=O)ON3C(=O)CCC3=O)c2)C=C2N=CC3Cc4ccccc4N3C(=O)C2C1. The third kappa shape index (κ3) is 8.27. The first-order valence-corrected chi connectivity index (χ1v) is 22.3. The normalized spacial score (nSPS) is 20.0. The summed E-state index contributed by atoms with van der Waals surface area (Å²) in [4.78, 5) is 85.0. The van der Waals surface area contributed by atoms with E-state index in [1.165, 1.54) is 7.11 Å². The van der Waals surface area contributed by atoms with Gasteiger partial charge in [-0.1, -0.05) is 36.4 Å². The van der Waals surface area contributed by atoms with Crippen molar-refractivity contribution in [3.63, 3.8) is 0 Å². The molecule has 0 aromatic heterocycles. The Labute approximate surface area is 386 Å². The Morgan fingerprint density at radius 1 is 0.746 bits per heavy atom. The summed E-state index contributed by atoms with van der Waals surface area (Å²) in [6.07, 6.45) is 7.50. The molecule has 2 unspecified atom stereocenters. The van der Waals surface area contributed by atoms with Gasteiger partial charge in [0.25, 0.3) is 17.7 Å². The van der Waals surface area contributed by atoms with Gasteiger partial charge in [0.2, 0.25) is 5.91 Å². The number of amides is 4. The van der Waals surface area contributed by atoms with E-state index in [-0.39, 0.29) is 62.8 Å². The van der Waals surface area contributed by atoms with E-state index in [1.54, 1.807) is 30.2 Å². The number of hydrogen-bond acceptors (Lipinski definition) is 13. The fourth-order valence-electron chi connectivity index (χ4n) is 9.54. The van der Waals surface area contributed by atoms with Gasteiger partial charge in [-0.2, -0.15) is 0 Å². The molecule has 4 aromatic rings. The van der Waals surface area contributed by atoms with Crippen LogP contribution in [-0.4, -0.2) is 87.0 Å². The van der Waals surface area contributed by atoms with Crippen molar-refractivity contribution in [2.75, 3.05) is 42.5 Å². The quantitative estimate of drug-likeness (QED) is 0.123. The van der Waals surface area contributed by atoms with E-state index >= 15 is 0 Å². The molecule has 4 amide bonds. The molecule has 1 aliphatic carbocycles. The van der Waals surface area contributed by atoms with Gasteiger partial charge in [0.1, 0.15) is 19.0 Å². The Kier molecular flexibility index (Phi) is 11.5. The van der Waals surface area contributed by atoms with Crippen LogP contribution in [0.3, 0.4) is 0 Å². The molecule has 10 rings (SSSR count). The Morgan fingerprint density at radius 2 is 1.40 bits per heavy atom. The summed E-state index contributed by atoms with van der Waals surface area (Å²) in [7, 11) is 4.98. The van der Waals surface area contributed by atoms with Crippen LogP contribution in [0.1, 0.15) is 64.7 Å². The summed E-state index contributed by atoms with van der Waals surface area (Å²) >= 11 is 0. The van der Waals surface area contributed by atoms with Gasteiger partial charge in [0.15, 0.2) is 17.3 Å². The minimum absolute atomic E-state index is 0.0199. The molecule has 6 aliphatic rings. The summed E-state index contributed by atoms with van der Waals surface area (Å²) in [5.41, 5.74) is 7.85. The van der Waals surface area contributed by atoms with E-state index < -0.39 is 23.7 Å². The van der Waals surface area contributed by atoms with Gasteiger partial charge in [-0.05, 0) is 65.1 Å². The molecule has 0 radical (unpaired) electrons. The maximum atomic E-state index is 14.1. The van der Waals surface area contributed by atoms with E-state index in [0.717, 1.165) is 39.3 Å². The van der Waals surface area contributed by atoms with Crippen LogP contribution in [0, 0.1) is 5.92 Å². The van der Waals surface area contributed by atoms with Crippen molar-refractivity contribution < 1.29 is 47.8 Å². The highest BCUT2D eigenvalue weighted by atomic mass is 16.7. The van der Waals surface area contributed by atoms with Crippen molar-refractivity contribution in [2.24, 2.45) is 15.9 Å². The number of fused-ring (bicyclic) bond motifs is 8. The molecule has 3 atom stereocenters. The zero-order chi connectivity index (χ0) is 46.3. The van der Waals surface area contributed by atoms with Crippen LogP contribution in [0.2, 0.25) is 0 Å². The lowest BCUT2D eigenvalue weighted by molar-refractivity contribution is -0.197. The van der Waals surface area contributed by atoms with Crippen LogP contribution in [0.25, 0.3) is 0 Å². The number of rotatable bonds is 14. The Balaban J connectivity index is 0.884. The summed E-state index contributed by atoms with van der Waals surface area (Å²) < 4.78 is 24.6. The Morgan fingerprint density at radius 3 is 2.10 bits per heavy atom. The van der Waals surface area contributed by atoms with Gasteiger partial charge in [-0.25, -0.2) is 4.79 Å². The van der Waals surface area contributed by atoms with E-state index in [4.69, 9.17) is 33.8 Å². The molecule has 1 fully saturated rings. The van der Waals surface area contributed by atoms with Crippen molar-refractivity contribution in [1.82, 2.24) is 5.06 Å².